The van der Waals surface area contributed by atoms with E-state index in [1.54, 1.807) is 24.4 Å². The number of aromatic nitrogens is 2. The fourth-order valence-electron chi connectivity index (χ4n) is 2.02. The molecule has 0 saturated carbocycles. The Morgan fingerprint density at radius 2 is 2.05 bits per heavy atom. The second-order valence-corrected chi connectivity index (χ2v) is 4.48. The van der Waals surface area contributed by atoms with Crippen LogP contribution < -0.4 is 10.2 Å². The molecule has 0 bridgehead atoms. The lowest BCUT2D eigenvalue weighted by atomic mass is 10.2. The molecule has 0 aliphatic carbocycles. The highest BCUT2D eigenvalue weighted by atomic mass is 16.7. The number of hydrogen-bond donors (Lipinski definition) is 2. The van der Waals surface area contributed by atoms with Gasteiger partial charge in [-0.2, -0.15) is 0 Å². The summed E-state index contributed by atoms with van der Waals surface area (Å²) in [6, 6.07) is 14.9. The van der Waals surface area contributed by atoms with Crippen LogP contribution in [-0.4, -0.2) is 21.1 Å². The zero-order valence-corrected chi connectivity index (χ0v) is 11.1. The average molecular weight is 283 g/mol. The zero-order chi connectivity index (χ0) is 14.7. The van der Waals surface area contributed by atoms with Gasteiger partial charge in [0.15, 0.2) is 0 Å². The first-order valence-corrected chi connectivity index (χ1v) is 6.37. The molecule has 1 aromatic heterocycles. The normalized spacial score (nSPS) is 10.5. The lowest BCUT2D eigenvalue weighted by molar-refractivity contribution is 0.0795. The van der Waals surface area contributed by atoms with Gasteiger partial charge in [0.2, 0.25) is 0 Å². The van der Waals surface area contributed by atoms with E-state index >= 15 is 0 Å². The second kappa shape index (κ2) is 5.54. The summed E-state index contributed by atoms with van der Waals surface area (Å²) >= 11 is 0. The summed E-state index contributed by atoms with van der Waals surface area (Å²) in [7, 11) is 0. The Balaban J connectivity index is 1.79. The molecule has 3 rings (SSSR count). The highest BCUT2D eigenvalue weighted by molar-refractivity contribution is 5.88. The number of benzene rings is 2. The maximum atomic E-state index is 10.6. The minimum atomic E-state index is -1.10. The highest BCUT2D eigenvalue weighted by Crippen LogP contribution is 2.18. The molecule has 2 N–H and O–H groups in total. The number of amides is 1. The number of fused-ring (bicyclic) bond motifs is 1. The van der Waals surface area contributed by atoms with Gasteiger partial charge < -0.3 is 9.94 Å². The molecule has 0 radical (unpaired) electrons. The van der Waals surface area contributed by atoms with Crippen molar-refractivity contribution in [3.63, 3.8) is 0 Å². The van der Waals surface area contributed by atoms with Gasteiger partial charge in [-0.15, -0.1) is 5.10 Å². The van der Waals surface area contributed by atoms with Crippen LogP contribution in [0, 0.1) is 0 Å². The number of hydrogen-bond acceptors (Lipinski definition) is 3. The molecule has 6 nitrogen and oxygen atoms in total. The lowest BCUT2D eigenvalue weighted by Gasteiger charge is -2.07. The van der Waals surface area contributed by atoms with Crippen molar-refractivity contribution in [1.29, 1.82) is 0 Å². The van der Waals surface area contributed by atoms with Crippen molar-refractivity contribution in [3.05, 3.63) is 60.3 Å². The summed E-state index contributed by atoms with van der Waals surface area (Å²) in [5, 5.41) is 16.0. The first-order valence-electron chi connectivity index (χ1n) is 6.37. The van der Waals surface area contributed by atoms with Gasteiger partial charge in [0.1, 0.15) is 12.1 Å². The number of anilines is 1. The van der Waals surface area contributed by atoms with Crippen LogP contribution in [0.2, 0.25) is 0 Å². The molecule has 106 valence electrons. The Hall–Kier alpha value is -3.02. The van der Waals surface area contributed by atoms with E-state index in [0.29, 0.717) is 12.3 Å². The van der Waals surface area contributed by atoms with Gasteiger partial charge >= 0.3 is 6.09 Å². The van der Waals surface area contributed by atoms with Crippen LogP contribution in [0.25, 0.3) is 10.9 Å². The van der Waals surface area contributed by atoms with Crippen molar-refractivity contribution >= 4 is 22.7 Å². The topological polar surface area (TPSA) is 76.4 Å². The van der Waals surface area contributed by atoms with Crippen LogP contribution in [0.15, 0.2) is 54.7 Å². The maximum Gasteiger partial charge on any atom is 0.409 e. The molecule has 0 saturated heterocycles. The molecule has 0 unspecified atom stereocenters. The van der Waals surface area contributed by atoms with Crippen molar-refractivity contribution in [3.8, 4) is 0 Å². The van der Waals surface area contributed by atoms with Gasteiger partial charge in [0.05, 0.1) is 6.20 Å². The Bertz CT molecular complexity index is 768. The first-order chi connectivity index (χ1) is 10.2. The largest absolute Gasteiger partial charge is 0.465 e. The van der Waals surface area contributed by atoms with E-state index in [1.807, 2.05) is 30.3 Å². The molecule has 0 aliphatic rings. The van der Waals surface area contributed by atoms with Crippen molar-refractivity contribution in [2.24, 2.45) is 0 Å². The summed E-state index contributed by atoms with van der Waals surface area (Å²) < 4.78 is 0. The third-order valence-corrected chi connectivity index (χ3v) is 2.98. The van der Waals surface area contributed by atoms with Gasteiger partial charge in [0, 0.05) is 11.1 Å². The Morgan fingerprint density at radius 3 is 2.81 bits per heavy atom. The molecule has 0 aliphatic heterocycles. The van der Waals surface area contributed by atoms with Crippen molar-refractivity contribution < 1.29 is 14.7 Å². The van der Waals surface area contributed by atoms with Gasteiger partial charge in [-0.25, -0.2) is 4.79 Å². The number of nitrogens with zero attached hydrogens (tertiary/aromatic N) is 2. The first kappa shape index (κ1) is 13.0. The van der Waals surface area contributed by atoms with E-state index in [1.165, 1.54) is 4.85 Å². The molecule has 0 fully saturated rings. The number of carboxylic acid groups (broad SMARTS) is 1. The summed E-state index contributed by atoms with van der Waals surface area (Å²) in [6.07, 6.45) is 0.537. The second-order valence-electron chi connectivity index (χ2n) is 4.48. The summed E-state index contributed by atoms with van der Waals surface area (Å²) in [5.41, 5.74) is 2.32. The summed E-state index contributed by atoms with van der Waals surface area (Å²) in [5.74, 6) is 0. The van der Waals surface area contributed by atoms with Gasteiger partial charge in [0.25, 0.3) is 0 Å². The van der Waals surface area contributed by atoms with Crippen LogP contribution in [0.3, 0.4) is 0 Å². The van der Waals surface area contributed by atoms with Crippen LogP contribution in [0.4, 0.5) is 10.5 Å². The smallest absolute Gasteiger partial charge is 0.409 e. The van der Waals surface area contributed by atoms with E-state index in [2.05, 4.69) is 10.4 Å². The molecule has 1 amide bonds. The zero-order valence-electron chi connectivity index (χ0n) is 11.1. The van der Waals surface area contributed by atoms with E-state index in [4.69, 9.17) is 9.94 Å². The molecule has 6 heteroatoms. The quantitative estimate of drug-likeness (QED) is 0.772. The summed E-state index contributed by atoms with van der Waals surface area (Å²) in [4.78, 5) is 17.7. The molecular formula is C15H13N3O3. The molecular weight excluding hydrogens is 270 g/mol. The molecule has 0 atom stereocenters. The lowest BCUT2D eigenvalue weighted by Crippen LogP contribution is -2.12. The minimum absolute atomic E-state index is 0.409. The van der Waals surface area contributed by atoms with Crippen molar-refractivity contribution in [2.75, 3.05) is 5.32 Å². The molecule has 3 aromatic rings. The Kier molecular flexibility index (Phi) is 3.42. The van der Waals surface area contributed by atoms with E-state index in [9.17, 15) is 4.79 Å². The predicted octanol–water partition coefficient (Wildman–Crippen LogP) is 2.76. The SMILES string of the molecule is O=C(O)Nc1ccc2c(cnn2OCc2ccccc2)c1. The van der Waals surface area contributed by atoms with Gasteiger partial charge in [-0.05, 0) is 23.8 Å². The highest BCUT2D eigenvalue weighted by Gasteiger charge is 2.06. The number of rotatable bonds is 4. The third-order valence-electron chi connectivity index (χ3n) is 2.98. The van der Waals surface area contributed by atoms with Crippen LogP contribution >= 0.6 is 0 Å². The van der Waals surface area contributed by atoms with Crippen molar-refractivity contribution in [2.45, 2.75) is 6.61 Å². The maximum absolute atomic E-state index is 10.6. The standard InChI is InChI=1S/C15H13N3O3/c19-15(20)17-13-6-7-14-12(8-13)9-16-18(14)21-10-11-4-2-1-3-5-11/h1-9,17H,10H2,(H,19,20). The number of nitrogens with one attached hydrogen (secondary N) is 1. The number of carbonyl (C=O) groups is 1. The van der Waals surface area contributed by atoms with Crippen molar-refractivity contribution in [1.82, 2.24) is 9.94 Å². The summed E-state index contributed by atoms with van der Waals surface area (Å²) in [6.45, 7) is 0.409. The van der Waals surface area contributed by atoms with E-state index < -0.39 is 6.09 Å². The van der Waals surface area contributed by atoms with Crippen LogP contribution in [-0.2, 0) is 6.61 Å². The molecule has 1 heterocycles. The predicted molar refractivity (Wildman–Crippen MR) is 78.1 cm³/mol. The van der Waals surface area contributed by atoms with E-state index in [-0.39, 0.29) is 0 Å². The Morgan fingerprint density at radius 1 is 1.24 bits per heavy atom. The fourth-order valence-corrected chi connectivity index (χ4v) is 2.02. The average Bonchev–Trinajstić information content (AvgIpc) is 2.88. The fraction of sp³-hybridized carbons (Fsp3) is 0.0667. The Labute approximate surface area is 120 Å². The molecule has 21 heavy (non-hydrogen) atoms. The van der Waals surface area contributed by atoms with E-state index in [0.717, 1.165) is 16.5 Å². The van der Waals surface area contributed by atoms with Crippen LogP contribution in [0.1, 0.15) is 5.56 Å². The minimum Gasteiger partial charge on any atom is -0.465 e. The molecule has 0 spiro atoms. The third kappa shape index (κ3) is 2.94. The monoisotopic (exact) mass is 283 g/mol. The van der Waals surface area contributed by atoms with Gasteiger partial charge in [-0.3, -0.25) is 5.32 Å². The van der Waals surface area contributed by atoms with Crippen LogP contribution in [0.5, 0.6) is 0 Å². The molecule has 2 aromatic carbocycles. The van der Waals surface area contributed by atoms with Gasteiger partial charge in [-0.1, -0.05) is 35.2 Å².